The van der Waals surface area contributed by atoms with Crippen molar-refractivity contribution in [3.8, 4) is 0 Å². The van der Waals surface area contributed by atoms with Crippen molar-refractivity contribution in [3.63, 3.8) is 0 Å². The van der Waals surface area contributed by atoms with Gasteiger partial charge in [0.1, 0.15) is 47.9 Å². The molecule has 10 atom stereocenters. The van der Waals surface area contributed by atoms with Crippen LogP contribution in [0.4, 0.5) is 15.9 Å². The van der Waals surface area contributed by atoms with Crippen LogP contribution >= 0.6 is 14.2 Å². The Kier molecular flexibility index (Phi) is 7.93. The van der Waals surface area contributed by atoms with E-state index in [9.17, 15) is 9.46 Å². The normalized spacial score (nSPS) is 37.7. The molecule has 4 aromatic heterocycles. The highest BCUT2D eigenvalue weighted by Gasteiger charge is 2.53. The van der Waals surface area contributed by atoms with Gasteiger partial charge in [-0.3, -0.25) is 18.2 Å². The topological polar surface area (TPSA) is 228 Å². The van der Waals surface area contributed by atoms with E-state index in [4.69, 9.17) is 63.1 Å². The molecule has 0 aliphatic carbocycles. The highest BCUT2D eigenvalue weighted by molar-refractivity contribution is 8.07. The van der Waals surface area contributed by atoms with Gasteiger partial charge in [0.25, 0.3) is 7.47 Å². The number of anilines is 2. The maximum absolute atomic E-state index is 16.0. The van der Waals surface area contributed by atoms with Crippen LogP contribution in [0.2, 0.25) is 0 Å². The fraction of sp³-hybridized carbons (Fsp3) is 0.500. The average molecular weight is 683 g/mol. The van der Waals surface area contributed by atoms with Gasteiger partial charge in [0.2, 0.25) is 7.57 Å². The molecule has 238 valence electrons. The lowest BCUT2D eigenvalue weighted by atomic mass is 10.1. The summed E-state index contributed by atoms with van der Waals surface area (Å²) in [5, 5.41) is 0. The Labute approximate surface area is 259 Å². The molecule has 0 spiro atoms. The first-order valence-electron chi connectivity index (χ1n) is 13.3. The van der Waals surface area contributed by atoms with Crippen molar-refractivity contribution in [2.45, 2.75) is 49.1 Å². The Bertz CT molecular complexity index is 1860. The van der Waals surface area contributed by atoms with E-state index in [1.807, 2.05) is 0 Å². The monoisotopic (exact) mass is 683 g/mol. The first-order valence-corrected chi connectivity index (χ1v) is 17.5. The van der Waals surface area contributed by atoms with Gasteiger partial charge in [-0.05, 0) is 17.9 Å². The van der Waals surface area contributed by atoms with Gasteiger partial charge in [0.15, 0.2) is 35.7 Å². The summed E-state index contributed by atoms with van der Waals surface area (Å²) in [4.78, 5) is 31.8. The molecule has 0 aromatic carbocycles. The molecule has 4 aromatic rings. The molecule has 5 N–H and O–H groups in total. The molecule has 2 radical (unpaired) electrons. The smallest absolute Gasteiger partial charge is 0.325 e. The van der Waals surface area contributed by atoms with Crippen LogP contribution in [0.3, 0.4) is 0 Å². The Morgan fingerprint density at radius 1 is 1.00 bits per heavy atom. The molecule has 0 bridgehead atoms. The summed E-state index contributed by atoms with van der Waals surface area (Å²) in [5.41, 5.74) is 13.4. The Hall–Kier alpha value is -2.68. The Morgan fingerprint density at radius 3 is 2.44 bits per heavy atom. The number of halogens is 1. The van der Waals surface area contributed by atoms with Crippen molar-refractivity contribution in [2.24, 2.45) is 0 Å². The molecule has 7 heterocycles. The van der Waals surface area contributed by atoms with Gasteiger partial charge in [-0.2, -0.15) is 0 Å². The van der Waals surface area contributed by atoms with Gasteiger partial charge in [0.05, 0.1) is 31.6 Å². The van der Waals surface area contributed by atoms with Crippen LogP contribution in [0.5, 0.6) is 0 Å². The van der Waals surface area contributed by atoms with Gasteiger partial charge in [-0.15, -0.1) is 0 Å². The van der Waals surface area contributed by atoms with Gasteiger partial charge in [-0.25, -0.2) is 29.3 Å². The minimum Gasteiger partial charge on any atom is -0.397 e. The number of methoxy groups -OCH3 is 1. The van der Waals surface area contributed by atoms with Crippen LogP contribution in [0.15, 0.2) is 31.2 Å². The standard InChI is InChI=1S/C22H25BFN9O9P2S/c1-36-17-16-11(40-22(17)33-8-31-14-18(26)28-6-29-20(14)33)5-38-44(35,45)42-15-10(4-37-43(23,34)41-16)39-21(12(15)24)32-7-30-13-9(25)2-3-27-19(13)32/h2-3,6-8,10-12,15-17,21-22H,4-5H2,1H3,(H2,25,27)(H,35,45)(H2,26,28,29)/t10-,11-,12+,15?,16+,17?,21-,22-,43?,44?/m1/s1. The van der Waals surface area contributed by atoms with E-state index in [0.29, 0.717) is 22.4 Å². The Balaban J connectivity index is 1.18. The third-order valence-electron chi connectivity index (χ3n) is 7.60. The number of ether oxygens (including phenoxy) is 3. The summed E-state index contributed by atoms with van der Waals surface area (Å²) in [6, 6.07) is 1.54. The van der Waals surface area contributed by atoms with Gasteiger partial charge >= 0.3 is 6.72 Å². The molecule has 7 rings (SSSR count). The molecule has 0 amide bonds. The number of nitrogens with two attached hydrogens (primary N) is 2. The zero-order chi connectivity index (χ0) is 31.7. The largest absolute Gasteiger partial charge is 0.397 e. The van der Waals surface area contributed by atoms with Crippen LogP contribution in [0.25, 0.3) is 22.3 Å². The van der Waals surface area contributed by atoms with E-state index in [1.165, 1.54) is 41.4 Å². The molecule has 18 nitrogen and oxygen atoms in total. The van der Waals surface area contributed by atoms with E-state index < -0.39 is 76.6 Å². The lowest BCUT2D eigenvalue weighted by Crippen LogP contribution is -2.39. The summed E-state index contributed by atoms with van der Waals surface area (Å²) in [5.74, 6) is 0.137. The average Bonchev–Trinajstić information content (AvgIpc) is 3.75. The lowest BCUT2D eigenvalue weighted by Gasteiger charge is -2.30. The predicted octanol–water partition coefficient (Wildman–Crippen LogP) is 0.894. The van der Waals surface area contributed by atoms with Crippen LogP contribution in [0.1, 0.15) is 12.5 Å². The number of aromatic nitrogens is 7. The Morgan fingerprint density at radius 2 is 1.67 bits per heavy atom. The summed E-state index contributed by atoms with van der Waals surface area (Å²) in [7, 11) is 2.96. The van der Waals surface area contributed by atoms with Gasteiger partial charge in [-0.1, -0.05) is 0 Å². The second-order valence-corrected chi connectivity index (χ2v) is 14.7. The number of hydrogen-bond donors (Lipinski definition) is 3. The van der Waals surface area contributed by atoms with Crippen molar-refractivity contribution in [3.05, 3.63) is 31.2 Å². The molecule has 3 aliphatic rings. The summed E-state index contributed by atoms with van der Waals surface area (Å²) >= 11 is 5.24. The minimum atomic E-state index is -4.42. The van der Waals surface area contributed by atoms with Crippen molar-refractivity contribution < 1.29 is 46.2 Å². The summed E-state index contributed by atoms with van der Waals surface area (Å²) < 4.78 is 72.6. The quantitative estimate of drug-likeness (QED) is 0.201. The number of fused-ring (bicyclic) bond motifs is 4. The number of imidazole rings is 2. The highest BCUT2D eigenvalue weighted by Crippen LogP contribution is 2.54. The van der Waals surface area contributed by atoms with Crippen LogP contribution in [0, 0.1) is 0 Å². The maximum atomic E-state index is 16.0. The number of nitrogens with zero attached hydrogens (tertiary/aromatic N) is 7. The number of hydrogen-bond acceptors (Lipinski definition) is 16. The van der Waals surface area contributed by atoms with Gasteiger partial charge < -0.3 is 44.1 Å². The fourth-order valence-electron chi connectivity index (χ4n) is 5.55. The molecule has 0 saturated carbocycles. The second kappa shape index (κ2) is 11.5. The van der Waals surface area contributed by atoms with E-state index in [1.54, 1.807) is 6.07 Å². The van der Waals surface area contributed by atoms with Crippen LogP contribution in [-0.4, -0.2) is 104 Å². The van der Waals surface area contributed by atoms with Crippen LogP contribution in [-0.2, 0) is 48.7 Å². The first-order chi connectivity index (χ1) is 21.5. The minimum absolute atomic E-state index is 0.137. The van der Waals surface area contributed by atoms with E-state index >= 15 is 4.39 Å². The van der Waals surface area contributed by atoms with E-state index in [0.717, 1.165) is 0 Å². The summed E-state index contributed by atoms with van der Waals surface area (Å²) in [6.45, 7) is -5.23. The zero-order valence-electron chi connectivity index (χ0n) is 23.2. The molecule has 3 saturated heterocycles. The number of nitrogen functional groups attached to an aromatic ring is 2. The molecule has 4 unspecified atom stereocenters. The predicted molar refractivity (Wildman–Crippen MR) is 157 cm³/mol. The molecule has 3 aliphatic heterocycles. The lowest BCUT2D eigenvalue weighted by molar-refractivity contribution is -0.0601. The first kappa shape index (κ1) is 31.0. The SMILES string of the molecule is [B]P1(=O)OC[C@H]2O[C@@H](n3cnc4c(N)ccnc43)[C@@H](F)C2OP(O)(=S)OC[C@H]2O[C@@H](n3cnc4c(N)ncnc43)C(OC)[C@H]2O1. The maximum Gasteiger partial charge on any atom is 0.325 e. The van der Waals surface area contributed by atoms with Gasteiger partial charge in [0, 0.05) is 13.3 Å². The van der Waals surface area contributed by atoms with E-state index in [-0.39, 0.29) is 11.5 Å². The molecule has 45 heavy (non-hydrogen) atoms. The van der Waals surface area contributed by atoms with Crippen LogP contribution < -0.4 is 11.5 Å². The number of rotatable bonds is 3. The van der Waals surface area contributed by atoms with Crippen molar-refractivity contribution in [1.82, 2.24) is 34.1 Å². The number of pyridine rings is 1. The van der Waals surface area contributed by atoms with E-state index in [2.05, 4.69) is 24.9 Å². The molecular weight excluding hydrogens is 658 g/mol. The number of alkyl halides is 1. The van der Waals surface area contributed by atoms with Crippen molar-refractivity contribution in [1.29, 1.82) is 0 Å². The second-order valence-electron chi connectivity index (χ2n) is 10.3. The molecule has 3 fully saturated rings. The molecular formula is C22H25BFN9O9P2S. The fourth-order valence-corrected chi connectivity index (χ4v) is 7.99. The zero-order valence-corrected chi connectivity index (χ0v) is 25.8. The third-order valence-corrected chi connectivity index (χ3v) is 10.2. The highest BCUT2D eigenvalue weighted by atomic mass is 32.5. The van der Waals surface area contributed by atoms with Crippen molar-refractivity contribution in [2.75, 3.05) is 31.8 Å². The third kappa shape index (κ3) is 5.55. The summed E-state index contributed by atoms with van der Waals surface area (Å²) in [6.07, 6.45) is -5.05. The van der Waals surface area contributed by atoms with Crippen molar-refractivity contribution >= 4 is 67.4 Å². The molecule has 23 heteroatoms.